The number of benzene rings is 2. The molecule has 3 nitrogen and oxygen atoms in total. The Morgan fingerprint density at radius 1 is 1.14 bits per heavy atom. The van der Waals surface area contributed by atoms with Gasteiger partial charge in [-0.15, -0.1) is 0 Å². The fourth-order valence-corrected chi connectivity index (χ4v) is 2.13. The molecule has 2 aromatic rings. The highest BCUT2D eigenvalue weighted by Gasteiger charge is 2.01. The first-order valence-corrected chi connectivity index (χ1v) is 7.45. The first-order valence-electron chi connectivity index (χ1n) is 7.07. The lowest BCUT2D eigenvalue weighted by Gasteiger charge is -2.12. The predicted octanol–water partition coefficient (Wildman–Crippen LogP) is 3.36. The van der Waals surface area contributed by atoms with Gasteiger partial charge in [-0.1, -0.05) is 35.9 Å². The van der Waals surface area contributed by atoms with E-state index < -0.39 is 0 Å². The second-order valence-corrected chi connectivity index (χ2v) is 5.52. The smallest absolute Gasteiger partial charge is 0.120 e. The van der Waals surface area contributed by atoms with Gasteiger partial charge in [-0.05, 0) is 42.3 Å². The SMILES string of the molecule is CC(CN)NCc1cccc(OCc2cccc(Cl)c2)c1. The maximum absolute atomic E-state index is 5.96. The lowest BCUT2D eigenvalue weighted by Crippen LogP contribution is -2.32. The number of ether oxygens (including phenoxy) is 1. The van der Waals surface area contributed by atoms with Gasteiger partial charge in [-0.25, -0.2) is 0 Å². The predicted molar refractivity (Wildman–Crippen MR) is 87.6 cm³/mol. The second-order valence-electron chi connectivity index (χ2n) is 5.08. The van der Waals surface area contributed by atoms with E-state index in [4.69, 9.17) is 22.1 Å². The Morgan fingerprint density at radius 3 is 2.67 bits per heavy atom. The standard InChI is InChI=1S/C17H21ClN2O/c1-13(10-19)20-11-14-4-3-7-17(9-14)21-12-15-5-2-6-16(18)8-15/h2-9,13,20H,10-12,19H2,1H3. The Morgan fingerprint density at radius 2 is 1.90 bits per heavy atom. The van der Waals surface area contributed by atoms with Gasteiger partial charge in [0.25, 0.3) is 0 Å². The molecule has 0 aliphatic heterocycles. The second kappa shape index (κ2) is 8.03. The average molecular weight is 305 g/mol. The van der Waals surface area contributed by atoms with Crippen molar-refractivity contribution in [1.82, 2.24) is 5.32 Å². The van der Waals surface area contributed by atoms with E-state index >= 15 is 0 Å². The highest BCUT2D eigenvalue weighted by atomic mass is 35.5. The van der Waals surface area contributed by atoms with Crippen LogP contribution in [-0.4, -0.2) is 12.6 Å². The first kappa shape index (κ1) is 15.8. The van der Waals surface area contributed by atoms with Crippen LogP contribution in [0.15, 0.2) is 48.5 Å². The highest BCUT2D eigenvalue weighted by Crippen LogP contribution is 2.17. The Kier molecular flexibility index (Phi) is 6.05. The van der Waals surface area contributed by atoms with Crippen molar-refractivity contribution < 1.29 is 4.74 Å². The number of nitrogens with two attached hydrogens (primary N) is 1. The van der Waals surface area contributed by atoms with E-state index in [9.17, 15) is 0 Å². The van der Waals surface area contributed by atoms with Gasteiger partial charge < -0.3 is 15.8 Å². The molecule has 0 fully saturated rings. The van der Waals surface area contributed by atoms with Gasteiger partial charge in [-0.3, -0.25) is 0 Å². The number of halogens is 1. The zero-order chi connectivity index (χ0) is 15.1. The molecule has 2 rings (SSSR count). The Balaban J connectivity index is 1.91. The van der Waals surface area contributed by atoms with Crippen LogP contribution in [0.3, 0.4) is 0 Å². The topological polar surface area (TPSA) is 47.3 Å². The minimum absolute atomic E-state index is 0.307. The van der Waals surface area contributed by atoms with Gasteiger partial charge >= 0.3 is 0 Å². The summed E-state index contributed by atoms with van der Waals surface area (Å²) in [6.45, 7) is 3.99. The van der Waals surface area contributed by atoms with Crippen molar-refractivity contribution in [1.29, 1.82) is 0 Å². The fraction of sp³-hybridized carbons (Fsp3) is 0.294. The number of rotatable bonds is 7. The quantitative estimate of drug-likeness (QED) is 0.824. The van der Waals surface area contributed by atoms with Crippen LogP contribution in [0.25, 0.3) is 0 Å². The molecular formula is C17H21ClN2O. The third kappa shape index (κ3) is 5.38. The van der Waals surface area contributed by atoms with Crippen LogP contribution in [0, 0.1) is 0 Å². The van der Waals surface area contributed by atoms with Crippen LogP contribution in [0.5, 0.6) is 5.75 Å². The van der Waals surface area contributed by atoms with E-state index in [0.29, 0.717) is 19.2 Å². The molecule has 0 spiro atoms. The third-order valence-electron chi connectivity index (χ3n) is 3.20. The Labute approximate surface area is 131 Å². The van der Waals surface area contributed by atoms with Crippen molar-refractivity contribution in [2.45, 2.75) is 26.1 Å². The van der Waals surface area contributed by atoms with Gasteiger partial charge in [0.05, 0.1) is 0 Å². The number of hydrogen-bond donors (Lipinski definition) is 2. The molecule has 0 aliphatic rings. The van der Waals surface area contributed by atoms with Crippen molar-refractivity contribution in [2.75, 3.05) is 6.54 Å². The lowest BCUT2D eigenvalue weighted by molar-refractivity contribution is 0.306. The summed E-state index contributed by atoms with van der Waals surface area (Å²) in [4.78, 5) is 0. The Hall–Kier alpha value is -1.55. The van der Waals surface area contributed by atoms with Gasteiger partial charge in [0.15, 0.2) is 0 Å². The zero-order valence-corrected chi connectivity index (χ0v) is 12.9. The van der Waals surface area contributed by atoms with E-state index in [0.717, 1.165) is 22.9 Å². The molecule has 112 valence electrons. The summed E-state index contributed by atoms with van der Waals surface area (Å²) in [7, 11) is 0. The van der Waals surface area contributed by atoms with Gasteiger partial charge in [0.2, 0.25) is 0 Å². The monoisotopic (exact) mass is 304 g/mol. The molecule has 2 aromatic carbocycles. The summed E-state index contributed by atoms with van der Waals surface area (Å²) in [5, 5.41) is 4.09. The fourth-order valence-electron chi connectivity index (χ4n) is 1.91. The van der Waals surface area contributed by atoms with Crippen LogP contribution in [0.1, 0.15) is 18.1 Å². The minimum Gasteiger partial charge on any atom is -0.489 e. The minimum atomic E-state index is 0.307. The molecular weight excluding hydrogens is 284 g/mol. The zero-order valence-electron chi connectivity index (χ0n) is 12.2. The van der Waals surface area contributed by atoms with Crippen molar-refractivity contribution in [3.63, 3.8) is 0 Å². The summed E-state index contributed by atoms with van der Waals surface area (Å²) in [5.74, 6) is 0.856. The van der Waals surface area contributed by atoms with Crippen molar-refractivity contribution in [3.05, 3.63) is 64.7 Å². The molecule has 1 unspecified atom stereocenters. The van der Waals surface area contributed by atoms with Gasteiger partial charge in [0, 0.05) is 24.2 Å². The molecule has 3 N–H and O–H groups in total. The normalized spacial score (nSPS) is 12.1. The molecule has 0 saturated carbocycles. The summed E-state index contributed by atoms with van der Waals surface area (Å²) >= 11 is 5.96. The first-order chi connectivity index (χ1) is 10.2. The van der Waals surface area contributed by atoms with Crippen LogP contribution in [-0.2, 0) is 13.2 Å². The molecule has 0 radical (unpaired) electrons. The maximum Gasteiger partial charge on any atom is 0.120 e. The van der Waals surface area contributed by atoms with E-state index in [2.05, 4.69) is 18.3 Å². The molecule has 1 atom stereocenters. The molecule has 0 amide bonds. The van der Waals surface area contributed by atoms with Crippen LogP contribution < -0.4 is 15.8 Å². The Bertz CT molecular complexity index is 574. The van der Waals surface area contributed by atoms with Gasteiger partial charge in [0.1, 0.15) is 12.4 Å². The summed E-state index contributed by atoms with van der Waals surface area (Å²) in [6, 6.07) is 16.1. The molecule has 0 heterocycles. The molecule has 0 aliphatic carbocycles. The largest absolute Gasteiger partial charge is 0.489 e. The van der Waals surface area contributed by atoms with E-state index in [1.54, 1.807) is 0 Å². The third-order valence-corrected chi connectivity index (χ3v) is 3.44. The molecule has 0 bridgehead atoms. The van der Waals surface area contributed by atoms with E-state index in [1.807, 2.05) is 42.5 Å². The number of nitrogens with one attached hydrogen (secondary N) is 1. The molecule has 0 aromatic heterocycles. The number of hydrogen-bond acceptors (Lipinski definition) is 3. The molecule has 4 heteroatoms. The van der Waals surface area contributed by atoms with Crippen LogP contribution in [0.2, 0.25) is 5.02 Å². The molecule has 0 saturated heterocycles. The van der Waals surface area contributed by atoms with Crippen LogP contribution in [0.4, 0.5) is 0 Å². The summed E-state index contributed by atoms with van der Waals surface area (Å²) < 4.78 is 5.81. The maximum atomic E-state index is 5.96. The van der Waals surface area contributed by atoms with Gasteiger partial charge in [-0.2, -0.15) is 0 Å². The molecule has 21 heavy (non-hydrogen) atoms. The van der Waals surface area contributed by atoms with Crippen molar-refractivity contribution in [2.24, 2.45) is 5.73 Å². The van der Waals surface area contributed by atoms with Crippen molar-refractivity contribution in [3.8, 4) is 5.75 Å². The highest BCUT2D eigenvalue weighted by molar-refractivity contribution is 6.30. The van der Waals surface area contributed by atoms with E-state index in [-0.39, 0.29) is 0 Å². The average Bonchev–Trinajstić information content (AvgIpc) is 2.51. The van der Waals surface area contributed by atoms with E-state index in [1.165, 1.54) is 5.56 Å². The summed E-state index contributed by atoms with van der Waals surface area (Å²) in [5.41, 5.74) is 7.83. The van der Waals surface area contributed by atoms with Crippen molar-refractivity contribution >= 4 is 11.6 Å². The summed E-state index contributed by atoms with van der Waals surface area (Å²) in [6.07, 6.45) is 0. The lowest BCUT2D eigenvalue weighted by atomic mass is 10.2. The van der Waals surface area contributed by atoms with Crippen LogP contribution >= 0.6 is 11.6 Å².